The van der Waals surface area contributed by atoms with E-state index in [1.54, 1.807) is 18.2 Å². The zero-order valence-electron chi connectivity index (χ0n) is 15.3. The minimum atomic E-state index is -0.147. The molecule has 4 aromatic rings. The normalized spacial score (nSPS) is 13.2. The van der Waals surface area contributed by atoms with Crippen LogP contribution in [0.15, 0.2) is 82.2 Å². The first-order valence-electron chi connectivity index (χ1n) is 9.20. The molecule has 1 aromatic heterocycles. The highest BCUT2D eigenvalue weighted by atomic mass is 16.3. The number of benzene rings is 3. The number of amides is 1. The summed E-state index contributed by atoms with van der Waals surface area (Å²) < 4.78 is 5.94. The number of fused-ring (bicyclic) bond motifs is 2. The molecule has 0 unspecified atom stereocenters. The van der Waals surface area contributed by atoms with E-state index in [1.807, 2.05) is 54.6 Å². The van der Waals surface area contributed by atoms with Crippen LogP contribution in [0.1, 0.15) is 17.5 Å². The van der Waals surface area contributed by atoms with Gasteiger partial charge in [-0.05, 0) is 48.0 Å². The maximum absolute atomic E-state index is 12.5. The van der Waals surface area contributed by atoms with Crippen molar-refractivity contribution in [3.05, 3.63) is 83.9 Å². The smallest absolute Gasteiger partial charge is 0.230 e. The number of nitriles is 1. The van der Waals surface area contributed by atoms with Crippen LogP contribution in [0.5, 0.6) is 0 Å². The number of nitrogens with zero attached hydrogens (tertiary/aromatic N) is 2. The lowest BCUT2D eigenvalue weighted by atomic mass is 10.0. The predicted molar refractivity (Wildman–Crippen MR) is 112 cm³/mol. The number of hydrogen-bond acceptors (Lipinski definition) is 4. The van der Waals surface area contributed by atoms with Crippen LogP contribution >= 0.6 is 0 Å². The van der Waals surface area contributed by atoms with Gasteiger partial charge in [0.25, 0.3) is 0 Å². The molecule has 0 saturated heterocycles. The number of hydrogen-bond donors (Lipinski definition) is 1. The first-order valence-corrected chi connectivity index (χ1v) is 9.20. The van der Waals surface area contributed by atoms with Crippen molar-refractivity contribution < 1.29 is 9.21 Å². The highest BCUT2D eigenvalue weighted by Crippen LogP contribution is 2.35. The van der Waals surface area contributed by atoms with Crippen LogP contribution in [0.2, 0.25) is 0 Å². The fraction of sp³-hybridized carbons (Fsp3) is 0.0417. The molecule has 5 heteroatoms. The molecule has 1 amide bonds. The van der Waals surface area contributed by atoms with E-state index in [-0.39, 0.29) is 12.3 Å². The maximum Gasteiger partial charge on any atom is 0.230 e. The molecule has 2 heterocycles. The first-order chi connectivity index (χ1) is 14.2. The topological polar surface area (TPSA) is 78.4 Å². The molecule has 1 aliphatic rings. The molecule has 0 fully saturated rings. The van der Waals surface area contributed by atoms with E-state index in [9.17, 15) is 4.79 Å². The van der Waals surface area contributed by atoms with Crippen molar-refractivity contribution in [3.63, 3.8) is 0 Å². The second-order valence-corrected chi connectivity index (χ2v) is 6.86. The van der Waals surface area contributed by atoms with E-state index in [2.05, 4.69) is 11.4 Å². The van der Waals surface area contributed by atoms with Crippen LogP contribution in [0.4, 0.5) is 11.4 Å². The molecule has 0 bridgehead atoms. The van der Waals surface area contributed by atoms with Gasteiger partial charge in [0.15, 0.2) is 0 Å². The Morgan fingerprint density at radius 3 is 2.72 bits per heavy atom. The van der Waals surface area contributed by atoms with Crippen molar-refractivity contribution in [1.29, 1.82) is 5.26 Å². The minimum absolute atomic E-state index is 0.142. The summed E-state index contributed by atoms with van der Waals surface area (Å²) >= 11 is 0. The fourth-order valence-corrected chi connectivity index (χ4v) is 3.48. The number of rotatable bonds is 2. The van der Waals surface area contributed by atoms with Gasteiger partial charge in [0, 0.05) is 10.9 Å². The van der Waals surface area contributed by atoms with E-state index in [0.29, 0.717) is 22.6 Å². The lowest BCUT2D eigenvalue weighted by Gasteiger charge is -2.06. The summed E-state index contributed by atoms with van der Waals surface area (Å²) in [5.74, 6) is 0.588. The van der Waals surface area contributed by atoms with Crippen molar-refractivity contribution in [2.75, 3.05) is 5.32 Å². The summed E-state index contributed by atoms with van der Waals surface area (Å²) in [5.41, 5.74) is 4.94. The van der Waals surface area contributed by atoms with Gasteiger partial charge in [-0.25, -0.2) is 0 Å². The van der Waals surface area contributed by atoms with Gasteiger partial charge in [-0.1, -0.05) is 30.3 Å². The Morgan fingerprint density at radius 1 is 0.966 bits per heavy atom. The molecule has 29 heavy (non-hydrogen) atoms. The highest BCUT2D eigenvalue weighted by molar-refractivity contribution is 6.17. The molecule has 3 aromatic carbocycles. The zero-order chi connectivity index (χ0) is 19.8. The maximum atomic E-state index is 12.5. The molecule has 5 rings (SSSR count). The standard InChI is InChI=1S/C24H15N3O2/c25-14-15-4-3-6-16(10-15)20-13-24(28)27-21-11-18(8-9-19(21)26-20)23-12-17-5-1-2-7-22(17)29-23/h1-12H,13H2,(H,27,28). The number of nitrogens with one attached hydrogen (secondary N) is 1. The lowest BCUT2D eigenvalue weighted by Crippen LogP contribution is -2.15. The van der Waals surface area contributed by atoms with E-state index in [1.165, 1.54) is 0 Å². The summed E-state index contributed by atoms with van der Waals surface area (Å²) in [5, 5.41) is 13.1. The quantitative estimate of drug-likeness (QED) is 0.505. The minimum Gasteiger partial charge on any atom is -0.456 e. The molecular weight excluding hydrogens is 362 g/mol. The number of carbonyl (C=O) groups is 1. The second-order valence-electron chi connectivity index (χ2n) is 6.86. The van der Waals surface area contributed by atoms with E-state index >= 15 is 0 Å². The Morgan fingerprint density at radius 2 is 1.86 bits per heavy atom. The average Bonchev–Trinajstić information content (AvgIpc) is 3.11. The molecule has 1 aliphatic heterocycles. The van der Waals surface area contributed by atoms with Crippen molar-refractivity contribution in [1.82, 2.24) is 0 Å². The largest absolute Gasteiger partial charge is 0.456 e. The Labute approximate surface area is 166 Å². The van der Waals surface area contributed by atoms with Crippen LogP contribution in [0, 0.1) is 11.3 Å². The van der Waals surface area contributed by atoms with Crippen molar-refractivity contribution in [2.45, 2.75) is 6.42 Å². The molecular formula is C24H15N3O2. The van der Waals surface area contributed by atoms with Gasteiger partial charge in [-0.15, -0.1) is 0 Å². The van der Waals surface area contributed by atoms with Crippen molar-refractivity contribution in [2.24, 2.45) is 4.99 Å². The molecule has 0 saturated carbocycles. The van der Waals surface area contributed by atoms with Gasteiger partial charge < -0.3 is 9.73 Å². The number of para-hydroxylation sites is 1. The fourth-order valence-electron chi connectivity index (χ4n) is 3.48. The third-order valence-electron chi connectivity index (χ3n) is 4.89. The monoisotopic (exact) mass is 377 g/mol. The van der Waals surface area contributed by atoms with Crippen molar-refractivity contribution in [3.8, 4) is 17.4 Å². The molecule has 1 N–H and O–H groups in total. The third kappa shape index (κ3) is 3.17. The second kappa shape index (κ2) is 6.77. The van der Waals surface area contributed by atoms with E-state index in [0.717, 1.165) is 27.9 Å². The summed E-state index contributed by atoms with van der Waals surface area (Å²) in [6.45, 7) is 0. The summed E-state index contributed by atoms with van der Waals surface area (Å²) in [4.78, 5) is 17.2. The van der Waals surface area contributed by atoms with E-state index in [4.69, 9.17) is 14.7 Å². The number of anilines is 1. The number of furan rings is 1. The van der Waals surface area contributed by atoms with Gasteiger partial charge >= 0.3 is 0 Å². The first kappa shape index (κ1) is 17.0. The van der Waals surface area contributed by atoms with E-state index < -0.39 is 0 Å². The average molecular weight is 377 g/mol. The molecule has 0 atom stereocenters. The van der Waals surface area contributed by atoms with Crippen LogP contribution in [0.3, 0.4) is 0 Å². The van der Waals surface area contributed by atoms with Crippen LogP contribution in [0.25, 0.3) is 22.3 Å². The SMILES string of the molecule is N#Cc1cccc(C2=Nc3ccc(-c4cc5ccccc5o4)cc3NC(=O)C2)c1. The zero-order valence-corrected chi connectivity index (χ0v) is 15.3. The molecule has 5 nitrogen and oxygen atoms in total. The summed E-state index contributed by atoms with van der Waals surface area (Å²) in [7, 11) is 0. The van der Waals surface area contributed by atoms with Crippen LogP contribution < -0.4 is 5.32 Å². The van der Waals surface area contributed by atoms with Gasteiger partial charge in [0.2, 0.25) is 5.91 Å². The molecule has 0 spiro atoms. The van der Waals surface area contributed by atoms with Gasteiger partial charge in [0.1, 0.15) is 11.3 Å². The predicted octanol–water partition coefficient (Wildman–Crippen LogP) is 5.43. The molecule has 0 radical (unpaired) electrons. The Balaban J connectivity index is 1.58. The number of carbonyl (C=O) groups excluding carboxylic acids is 1. The lowest BCUT2D eigenvalue weighted by molar-refractivity contribution is -0.115. The number of aliphatic imine (C=N–C) groups is 1. The summed E-state index contributed by atoms with van der Waals surface area (Å²) in [6, 6.07) is 24.8. The molecule has 138 valence electrons. The van der Waals surface area contributed by atoms with Gasteiger partial charge in [-0.3, -0.25) is 9.79 Å². The van der Waals surface area contributed by atoms with Gasteiger partial charge in [0.05, 0.1) is 35.1 Å². The summed E-state index contributed by atoms with van der Waals surface area (Å²) in [6.07, 6.45) is 0.142. The Kier molecular flexibility index (Phi) is 3.96. The highest BCUT2D eigenvalue weighted by Gasteiger charge is 2.18. The Bertz CT molecular complexity index is 1310. The van der Waals surface area contributed by atoms with Crippen LogP contribution in [-0.4, -0.2) is 11.6 Å². The molecule has 0 aliphatic carbocycles. The third-order valence-corrected chi connectivity index (χ3v) is 4.89. The van der Waals surface area contributed by atoms with Crippen molar-refractivity contribution >= 4 is 34.0 Å². The van der Waals surface area contributed by atoms with Gasteiger partial charge in [-0.2, -0.15) is 5.26 Å². The van der Waals surface area contributed by atoms with Crippen LogP contribution in [-0.2, 0) is 4.79 Å². The Hall–Kier alpha value is -4.17.